The van der Waals surface area contributed by atoms with E-state index in [2.05, 4.69) is 4.98 Å². The first-order chi connectivity index (χ1) is 11.7. The number of pyridine rings is 1. The highest BCUT2D eigenvalue weighted by Crippen LogP contribution is 2.35. The fraction of sp³-hybridized carbons (Fsp3) is 0.579. The highest BCUT2D eigenvalue weighted by atomic mass is 16.5. The van der Waals surface area contributed by atoms with Gasteiger partial charge in [0.1, 0.15) is 5.65 Å². The normalized spacial score (nSPS) is 24.6. The lowest BCUT2D eigenvalue weighted by atomic mass is 9.92. The van der Waals surface area contributed by atoms with Crippen molar-refractivity contribution in [3.8, 4) is 0 Å². The van der Waals surface area contributed by atoms with Crippen molar-refractivity contribution < 1.29 is 9.53 Å². The second-order valence-corrected chi connectivity index (χ2v) is 7.07. The molecule has 1 atom stereocenters. The molecule has 128 valence electrons. The van der Waals surface area contributed by atoms with Crippen molar-refractivity contribution in [1.29, 1.82) is 0 Å². The zero-order chi connectivity index (χ0) is 16.4. The molecule has 2 aromatic rings. The number of amides is 1. The number of aryl methyl sites for hydroxylation is 1. The van der Waals surface area contributed by atoms with Crippen LogP contribution in [0, 0.1) is 0 Å². The van der Waals surface area contributed by atoms with Crippen LogP contribution in [0.3, 0.4) is 0 Å². The fourth-order valence-corrected chi connectivity index (χ4v) is 4.07. The zero-order valence-corrected chi connectivity index (χ0v) is 14.1. The van der Waals surface area contributed by atoms with Gasteiger partial charge in [0.25, 0.3) is 0 Å². The summed E-state index contributed by atoms with van der Waals surface area (Å²) in [6.45, 7) is 2.60. The molecule has 0 bridgehead atoms. The summed E-state index contributed by atoms with van der Waals surface area (Å²) >= 11 is 0. The van der Waals surface area contributed by atoms with Crippen LogP contribution in [0.1, 0.15) is 44.2 Å². The SMILES string of the molecule is O=C(CCc1cn2ccccc2n1)N1CCC[C@]2(CCCO2)CC1. The van der Waals surface area contributed by atoms with E-state index in [4.69, 9.17) is 4.74 Å². The first-order valence-corrected chi connectivity index (χ1v) is 9.09. The molecule has 0 saturated carbocycles. The molecule has 4 heterocycles. The maximum Gasteiger partial charge on any atom is 0.222 e. The molecule has 0 unspecified atom stereocenters. The topological polar surface area (TPSA) is 46.8 Å². The van der Waals surface area contributed by atoms with Crippen molar-refractivity contribution in [2.75, 3.05) is 19.7 Å². The van der Waals surface area contributed by atoms with E-state index in [1.54, 1.807) is 0 Å². The van der Waals surface area contributed by atoms with E-state index in [0.717, 1.165) is 56.7 Å². The van der Waals surface area contributed by atoms with E-state index in [-0.39, 0.29) is 11.5 Å². The number of carbonyl (C=O) groups is 1. The van der Waals surface area contributed by atoms with Gasteiger partial charge in [-0.25, -0.2) is 4.98 Å². The summed E-state index contributed by atoms with van der Waals surface area (Å²) in [4.78, 5) is 19.2. The van der Waals surface area contributed by atoms with Crippen molar-refractivity contribution in [2.24, 2.45) is 0 Å². The van der Waals surface area contributed by atoms with Gasteiger partial charge in [-0.3, -0.25) is 4.79 Å². The molecule has 2 aliphatic heterocycles. The molecule has 2 fully saturated rings. The third-order valence-electron chi connectivity index (χ3n) is 5.44. The zero-order valence-electron chi connectivity index (χ0n) is 14.1. The number of ether oxygens (including phenoxy) is 1. The first-order valence-electron chi connectivity index (χ1n) is 9.09. The predicted molar refractivity (Wildman–Crippen MR) is 91.9 cm³/mol. The Morgan fingerprint density at radius 1 is 1.21 bits per heavy atom. The molecule has 24 heavy (non-hydrogen) atoms. The van der Waals surface area contributed by atoms with Gasteiger partial charge in [0.05, 0.1) is 11.3 Å². The van der Waals surface area contributed by atoms with Crippen molar-refractivity contribution in [2.45, 2.75) is 50.5 Å². The Bertz CT molecular complexity index is 685. The third kappa shape index (κ3) is 3.18. The Balaban J connectivity index is 1.34. The Hall–Kier alpha value is -1.88. The van der Waals surface area contributed by atoms with Crippen LogP contribution in [0.25, 0.3) is 5.65 Å². The van der Waals surface area contributed by atoms with Crippen molar-refractivity contribution in [3.63, 3.8) is 0 Å². The van der Waals surface area contributed by atoms with Crippen LogP contribution in [0.2, 0.25) is 0 Å². The van der Waals surface area contributed by atoms with Crippen LogP contribution in [0.5, 0.6) is 0 Å². The number of likely N-dealkylation sites (tertiary alicyclic amines) is 1. The van der Waals surface area contributed by atoms with Gasteiger partial charge in [0, 0.05) is 38.5 Å². The molecule has 0 N–H and O–H groups in total. The standard InChI is InChI=1S/C19H25N3O2/c23-18(7-6-16-15-22-11-2-1-5-17(22)20-16)21-12-3-8-19(10-13-21)9-4-14-24-19/h1-2,5,11,15H,3-4,6-10,12-14H2/t19-/m0/s1. The maximum atomic E-state index is 12.6. The van der Waals surface area contributed by atoms with Gasteiger partial charge >= 0.3 is 0 Å². The molecule has 2 aromatic heterocycles. The van der Waals surface area contributed by atoms with Crippen LogP contribution in [0.15, 0.2) is 30.6 Å². The second kappa shape index (κ2) is 6.55. The molecule has 5 nitrogen and oxygen atoms in total. The molecule has 1 spiro atoms. The van der Waals surface area contributed by atoms with E-state index >= 15 is 0 Å². The second-order valence-electron chi connectivity index (χ2n) is 7.07. The van der Waals surface area contributed by atoms with E-state index in [1.165, 1.54) is 6.42 Å². The predicted octanol–water partition coefficient (Wildman–Crippen LogP) is 2.83. The molecule has 0 aromatic carbocycles. The minimum absolute atomic E-state index is 0.0661. The van der Waals surface area contributed by atoms with Gasteiger partial charge in [-0.2, -0.15) is 0 Å². The molecule has 2 saturated heterocycles. The summed E-state index contributed by atoms with van der Waals surface area (Å²) in [6, 6.07) is 5.96. The highest BCUT2D eigenvalue weighted by Gasteiger charge is 2.37. The number of aromatic nitrogens is 2. The average molecular weight is 327 g/mol. The fourth-order valence-electron chi connectivity index (χ4n) is 4.07. The minimum Gasteiger partial charge on any atom is -0.375 e. The van der Waals surface area contributed by atoms with Gasteiger partial charge in [0.15, 0.2) is 0 Å². The van der Waals surface area contributed by atoms with Gasteiger partial charge < -0.3 is 14.0 Å². The Labute approximate surface area is 142 Å². The molecule has 0 aliphatic carbocycles. The van der Waals surface area contributed by atoms with Crippen molar-refractivity contribution in [3.05, 3.63) is 36.3 Å². The third-order valence-corrected chi connectivity index (χ3v) is 5.44. The lowest BCUT2D eigenvalue weighted by Crippen LogP contribution is -2.34. The van der Waals surface area contributed by atoms with Crippen molar-refractivity contribution >= 4 is 11.6 Å². The maximum absolute atomic E-state index is 12.6. The van der Waals surface area contributed by atoms with Gasteiger partial charge in [-0.05, 0) is 50.7 Å². The van der Waals surface area contributed by atoms with Crippen LogP contribution in [-0.2, 0) is 16.0 Å². The Morgan fingerprint density at radius 3 is 2.96 bits per heavy atom. The molecule has 1 amide bonds. The minimum atomic E-state index is 0.0661. The molecule has 0 radical (unpaired) electrons. The van der Waals surface area contributed by atoms with Crippen LogP contribution in [-0.4, -0.2) is 45.5 Å². The Morgan fingerprint density at radius 2 is 2.12 bits per heavy atom. The van der Waals surface area contributed by atoms with Gasteiger partial charge in [-0.1, -0.05) is 6.07 Å². The number of hydrogen-bond donors (Lipinski definition) is 0. The molecule has 5 heteroatoms. The summed E-state index contributed by atoms with van der Waals surface area (Å²) in [5.41, 5.74) is 1.99. The van der Waals surface area contributed by atoms with Crippen LogP contribution in [0.4, 0.5) is 0 Å². The lowest BCUT2D eigenvalue weighted by molar-refractivity contribution is -0.131. The highest BCUT2D eigenvalue weighted by molar-refractivity contribution is 5.76. The van der Waals surface area contributed by atoms with Crippen molar-refractivity contribution in [1.82, 2.24) is 14.3 Å². The number of carbonyl (C=O) groups excluding carboxylic acids is 1. The quantitative estimate of drug-likeness (QED) is 0.871. The number of fused-ring (bicyclic) bond motifs is 1. The van der Waals surface area contributed by atoms with E-state index < -0.39 is 0 Å². The summed E-state index contributed by atoms with van der Waals surface area (Å²) in [6.07, 6.45) is 10.7. The van der Waals surface area contributed by atoms with Gasteiger partial charge in [0.2, 0.25) is 5.91 Å². The summed E-state index contributed by atoms with van der Waals surface area (Å²) in [7, 11) is 0. The summed E-state index contributed by atoms with van der Waals surface area (Å²) in [5, 5.41) is 0. The number of nitrogens with zero attached hydrogens (tertiary/aromatic N) is 3. The monoisotopic (exact) mass is 327 g/mol. The summed E-state index contributed by atoms with van der Waals surface area (Å²) in [5.74, 6) is 0.252. The van der Waals surface area contributed by atoms with Gasteiger partial charge in [-0.15, -0.1) is 0 Å². The average Bonchev–Trinajstić information content (AvgIpc) is 3.16. The first kappa shape index (κ1) is 15.6. The van der Waals surface area contributed by atoms with E-state index in [0.29, 0.717) is 12.8 Å². The Kier molecular flexibility index (Phi) is 4.27. The largest absolute Gasteiger partial charge is 0.375 e. The molecule has 4 rings (SSSR count). The van der Waals surface area contributed by atoms with Crippen LogP contribution >= 0.6 is 0 Å². The number of rotatable bonds is 3. The van der Waals surface area contributed by atoms with E-state index in [1.807, 2.05) is 39.9 Å². The lowest BCUT2D eigenvalue weighted by Gasteiger charge is -2.26. The van der Waals surface area contributed by atoms with E-state index in [9.17, 15) is 4.79 Å². The molecular weight excluding hydrogens is 302 g/mol. The molecular formula is C19H25N3O2. The smallest absolute Gasteiger partial charge is 0.222 e. The number of imidazole rings is 1. The molecule has 2 aliphatic rings. The number of hydrogen-bond acceptors (Lipinski definition) is 3. The summed E-state index contributed by atoms with van der Waals surface area (Å²) < 4.78 is 8.01. The van der Waals surface area contributed by atoms with Crippen LogP contribution < -0.4 is 0 Å².